The van der Waals surface area contributed by atoms with Crippen molar-refractivity contribution in [2.75, 3.05) is 32.7 Å². The Morgan fingerprint density at radius 3 is 1.62 bits per heavy atom. The van der Waals surface area contributed by atoms with Gasteiger partial charge >= 0.3 is 24.2 Å². The van der Waals surface area contributed by atoms with Crippen LogP contribution in [0.4, 0.5) is 26.3 Å². The van der Waals surface area contributed by atoms with E-state index in [4.69, 9.17) is 12.2 Å². The molecular weight excluding hydrogens is 406 g/mol. The van der Waals surface area contributed by atoms with Crippen LogP contribution in [-0.4, -0.2) is 78.8 Å². The summed E-state index contributed by atoms with van der Waals surface area (Å²) in [5.41, 5.74) is 5.49. The molecule has 0 aromatic heterocycles. The maximum atomic E-state index is 12.1. The van der Waals surface area contributed by atoms with Gasteiger partial charge in [-0.3, -0.25) is 9.59 Å². The highest BCUT2D eigenvalue weighted by atomic mass is 19.4. The first-order valence-electron chi connectivity index (χ1n) is 9.01. The molecule has 2 heterocycles. The minimum Gasteiger partial charge on any atom is -0.335 e. The second-order valence-electron chi connectivity index (χ2n) is 6.78. The molecule has 0 saturated carbocycles. The number of alkyl halides is 6. The number of hydrogen-bond acceptors (Lipinski definition) is 4. The van der Waals surface area contributed by atoms with E-state index in [0.29, 0.717) is 32.2 Å². The Morgan fingerprint density at radius 1 is 0.897 bits per heavy atom. The number of piperidine rings is 2. The molecule has 0 atom stereocenters. The van der Waals surface area contributed by atoms with E-state index in [1.807, 2.05) is 0 Å². The summed E-state index contributed by atoms with van der Waals surface area (Å²) in [5, 5.41) is 3.01. The molecule has 0 aromatic rings. The zero-order valence-electron chi connectivity index (χ0n) is 15.7. The summed E-state index contributed by atoms with van der Waals surface area (Å²) in [4.78, 5) is 23.2. The van der Waals surface area contributed by atoms with Crippen molar-refractivity contribution in [3.05, 3.63) is 0 Å². The topological polar surface area (TPSA) is 78.7 Å². The molecule has 0 aliphatic carbocycles. The van der Waals surface area contributed by atoms with E-state index >= 15 is 0 Å². The molecule has 3 N–H and O–H groups in total. The van der Waals surface area contributed by atoms with Gasteiger partial charge in [0, 0.05) is 38.3 Å². The number of nitrogens with zero attached hydrogens (tertiary/aromatic N) is 2. The first kappa shape index (κ1) is 25.0. The number of terminal acetylenes is 1. The van der Waals surface area contributed by atoms with E-state index in [1.54, 1.807) is 0 Å². The largest absolute Gasteiger partial charge is 0.471 e. The summed E-state index contributed by atoms with van der Waals surface area (Å²) < 4.78 is 72.0. The fourth-order valence-corrected chi connectivity index (χ4v) is 2.95. The summed E-state index contributed by atoms with van der Waals surface area (Å²) in [6, 6.07) is 0.0330. The van der Waals surface area contributed by atoms with Crippen molar-refractivity contribution >= 4 is 11.8 Å². The Labute approximate surface area is 164 Å². The fraction of sp³-hybridized carbons (Fsp3) is 0.765. The molecule has 2 aliphatic rings. The van der Waals surface area contributed by atoms with Crippen LogP contribution in [0.1, 0.15) is 25.7 Å². The van der Waals surface area contributed by atoms with Gasteiger partial charge in [-0.1, -0.05) is 5.92 Å². The van der Waals surface area contributed by atoms with Crippen LogP contribution in [-0.2, 0) is 9.59 Å². The SMILES string of the molecule is C#CCNC1CCN(C(=O)C(F)(F)F)CC1.NC1CCN(C(=O)C(F)(F)F)CC1. The third kappa shape index (κ3) is 8.49. The molecule has 12 heteroatoms. The van der Waals surface area contributed by atoms with Crippen LogP contribution in [0.15, 0.2) is 0 Å². The normalized spacial score (nSPS) is 19.2. The van der Waals surface area contributed by atoms with Gasteiger partial charge < -0.3 is 20.9 Å². The third-order valence-electron chi connectivity index (χ3n) is 4.59. The first-order chi connectivity index (χ1) is 13.4. The van der Waals surface area contributed by atoms with Gasteiger partial charge in [0.2, 0.25) is 0 Å². The number of amides is 2. The van der Waals surface area contributed by atoms with Crippen LogP contribution in [0.5, 0.6) is 0 Å². The molecule has 0 spiro atoms. The number of rotatable bonds is 2. The standard InChI is InChI=1S/C10H13F3N2O.C7H11F3N2O/c1-2-5-14-8-3-6-15(7-4-8)9(16)10(11,12)13;8-7(9,10)6(13)12-3-1-5(11)2-4-12/h1,8,14H,3-7H2;5H,1-4,11H2. The van der Waals surface area contributed by atoms with Gasteiger partial charge in [-0.25, -0.2) is 0 Å². The zero-order chi connectivity index (χ0) is 22.2. The number of halogens is 6. The van der Waals surface area contributed by atoms with Gasteiger partial charge in [-0.2, -0.15) is 26.3 Å². The number of hydrogen-bond donors (Lipinski definition) is 2. The van der Waals surface area contributed by atoms with Gasteiger partial charge in [0.25, 0.3) is 0 Å². The highest BCUT2D eigenvalue weighted by Gasteiger charge is 2.43. The Balaban J connectivity index is 0.000000296. The van der Waals surface area contributed by atoms with Crippen molar-refractivity contribution in [3.8, 4) is 12.3 Å². The molecular formula is C17H24F6N4O2. The van der Waals surface area contributed by atoms with Crippen molar-refractivity contribution in [1.82, 2.24) is 15.1 Å². The van der Waals surface area contributed by atoms with E-state index in [-0.39, 0.29) is 38.3 Å². The van der Waals surface area contributed by atoms with Crippen molar-refractivity contribution in [1.29, 1.82) is 0 Å². The summed E-state index contributed by atoms with van der Waals surface area (Å²) in [7, 11) is 0. The monoisotopic (exact) mass is 430 g/mol. The molecule has 2 saturated heterocycles. The number of nitrogens with two attached hydrogens (primary N) is 1. The van der Waals surface area contributed by atoms with Crippen LogP contribution in [0.3, 0.4) is 0 Å². The van der Waals surface area contributed by atoms with E-state index in [1.165, 1.54) is 0 Å². The second-order valence-corrected chi connectivity index (χ2v) is 6.78. The average molecular weight is 430 g/mol. The molecule has 2 rings (SSSR count). The van der Waals surface area contributed by atoms with Gasteiger partial charge in [-0.15, -0.1) is 6.42 Å². The maximum absolute atomic E-state index is 12.1. The Hall–Kier alpha value is -2.00. The molecule has 2 fully saturated rings. The van der Waals surface area contributed by atoms with E-state index in [9.17, 15) is 35.9 Å². The quantitative estimate of drug-likeness (QED) is 0.511. The number of nitrogens with one attached hydrogen (secondary N) is 1. The Morgan fingerprint density at radius 2 is 1.28 bits per heavy atom. The van der Waals surface area contributed by atoms with Crippen molar-refractivity contribution in [3.63, 3.8) is 0 Å². The second kappa shape index (κ2) is 10.7. The minimum absolute atomic E-state index is 0.0720. The lowest BCUT2D eigenvalue weighted by molar-refractivity contribution is -0.186. The molecule has 2 aliphatic heterocycles. The molecule has 0 unspecified atom stereocenters. The van der Waals surface area contributed by atoms with E-state index in [2.05, 4.69) is 11.2 Å². The number of carbonyl (C=O) groups excluding carboxylic acids is 2. The average Bonchev–Trinajstić information content (AvgIpc) is 2.65. The van der Waals surface area contributed by atoms with Gasteiger partial charge in [0.1, 0.15) is 0 Å². The molecule has 166 valence electrons. The van der Waals surface area contributed by atoms with Crippen LogP contribution in [0.25, 0.3) is 0 Å². The Bertz CT molecular complexity index is 586. The number of likely N-dealkylation sites (tertiary alicyclic amines) is 2. The van der Waals surface area contributed by atoms with Crippen LogP contribution in [0.2, 0.25) is 0 Å². The van der Waals surface area contributed by atoms with Crippen LogP contribution < -0.4 is 11.1 Å². The van der Waals surface area contributed by atoms with Gasteiger partial charge in [-0.05, 0) is 25.7 Å². The predicted octanol–water partition coefficient (Wildman–Crippen LogP) is 1.26. The first-order valence-corrected chi connectivity index (χ1v) is 9.01. The summed E-state index contributed by atoms with van der Waals surface area (Å²) in [6.07, 6.45) is -2.56. The van der Waals surface area contributed by atoms with Gasteiger partial charge in [0.05, 0.1) is 6.54 Å². The van der Waals surface area contributed by atoms with Crippen LogP contribution in [0, 0.1) is 12.3 Å². The molecule has 2 amide bonds. The highest BCUT2D eigenvalue weighted by molar-refractivity contribution is 5.82. The van der Waals surface area contributed by atoms with Crippen LogP contribution >= 0.6 is 0 Å². The van der Waals surface area contributed by atoms with Gasteiger partial charge in [0.15, 0.2) is 0 Å². The van der Waals surface area contributed by atoms with Crippen molar-refractivity contribution in [2.45, 2.75) is 50.1 Å². The molecule has 6 nitrogen and oxygen atoms in total. The lowest BCUT2D eigenvalue weighted by Gasteiger charge is -2.32. The van der Waals surface area contributed by atoms with E-state index in [0.717, 1.165) is 9.80 Å². The summed E-state index contributed by atoms with van der Waals surface area (Å²) in [6.45, 7) is 0.873. The lowest BCUT2D eigenvalue weighted by atomic mass is 10.1. The smallest absolute Gasteiger partial charge is 0.335 e. The van der Waals surface area contributed by atoms with E-state index < -0.39 is 24.2 Å². The number of carbonyl (C=O) groups is 2. The fourth-order valence-electron chi connectivity index (χ4n) is 2.95. The molecule has 0 aromatic carbocycles. The highest BCUT2D eigenvalue weighted by Crippen LogP contribution is 2.22. The summed E-state index contributed by atoms with van der Waals surface area (Å²) in [5.74, 6) is -1.10. The van der Waals surface area contributed by atoms with Crippen molar-refractivity contribution < 1.29 is 35.9 Å². The predicted molar refractivity (Wildman–Crippen MR) is 92.3 cm³/mol. The zero-order valence-corrected chi connectivity index (χ0v) is 15.7. The summed E-state index contributed by atoms with van der Waals surface area (Å²) >= 11 is 0. The molecule has 0 bridgehead atoms. The third-order valence-corrected chi connectivity index (χ3v) is 4.59. The van der Waals surface area contributed by atoms with Crippen molar-refractivity contribution in [2.24, 2.45) is 5.73 Å². The molecule has 0 radical (unpaired) electrons. The lowest BCUT2D eigenvalue weighted by Crippen LogP contribution is -2.49. The Kier molecular flexibility index (Phi) is 9.22. The maximum Gasteiger partial charge on any atom is 0.471 e. The molecule has 29 heavy (non-hydrogen) atoms. The minimum atomic E-state index is -4.76.